The van der Waals surface area contributed by atoms with Crippen LogP contribution in [0.1, 0.15) is 19.4 Å². The third-order valence-electron chi connectivity index (χ3n) is 4.27. The Hall–Kier alpha value is -1.82. The van der Waals surface area contributed by atoms with E-state index in [4.69, 9.17) is 18.0 Å². The molecule has 1 aliphatic carbocycles. The van der Waals surface area contributed by atoms with Gasteiger partial charge in [-0.2, -0.15) is 0 Å². The van der Waals surface area contributed by atoms with E-state index in [1.54, 1.807) is 0 Å². The van der Waals surface area contributed by atoms with E-state index in [9.17, 15) is 14.0 Å². The average Bonchev–Trinajstić information content (AvgIpc) is 2.81. The maximum Gasteiger partial charge on any atom is 0.238 e. The third kappa shape index (κ3) is 1.54. The lowest BCUT2D eigenvalue weighted by Crippen LogP contribution is -2.36. The number of imide groups is 1. The Kier molecular flexibility index (Phi) is 2.54. The van der Waals surface area contributed by atoms with Crippen molar-refractivity contribution < 1.29 is 14.0 Å². The van der Waals surface area contributed by atoms with Crippen LogP contribution in [0.5, 0.6) is 0 Å². The number of fused-ring (bicyclic) bond motifs is 1. The number of thiocarbonyl (C=S) groups is 1. The molecule has 2 amide bonds. The summed E-state index contributed by atoms with van der Waals surface area (Å²) < 4.78 is 14.1. The van der Waals surface area contributed by atoms with Gasteiger partial charge in [0.05, 0.1) is 17.5 Å². The van der Waals surface area contributed by atoms with Gasteiger partial charge in [0, 0.05) is 5.56 Å². The van der Waals surface area contributed by atoms with E-state index in [0.717, 1.165) is 11.0 Å². The monoisotopic (exact) mass is 292 g/mol. The number of nitrogens with zero attached hydrogens (tertiary/aromatic N) is 1. The number of benzene rings is 1. The molecule has 4 nitrogen and oxygen atoms in total. The highest BCUT2D eigenvalue weighted by molar-refractivity contribution is 7.80. The van der Waals surface area contributed by atoms with Gasteiger partial charge in [-0.1, -0.05) is 26.1 Å². The molecular weight excluding hydrogens is 279 g/mol. The van der Waals surface area contributed by atoms with Gasteiger partial charge in [0.25, 0.3) is 0 Å². The molecule has 2 atom stereocenters. The molecule has 2 aliphatic rings. The molecule has 2 N–H and O–H groups in total. The van der Waals surface area contributed by atoms with Gasteiger partial charge in [-0.15, -0.1) is 0 Å². The predicted molar refractivity (Wildman–Crippen MR) is 75.5 cm³/mol. The molecule has 0 aromatic heterocycles. The number of piperidine rings is 1. The standard InChI is InChI=1S/C14H13FN2O2S/c1-14(2)9-10(14)13(19)17(12(9)18)8-4-3-6(11(16)20)5-7(8)15/h3-5,9-10H,1-2H3,(H2,16,20). The minimum Gasteiger partial charge on any atom is -0.389 e. The molecule has 1 aromatic carbocycles. The maximum absolute atomic E-state index is 14.1. The zero-order valence-corrected chi connectivity index (χ0v) is 11.8. The van der Waals surface area contributed by atoms with Gasteiger partial charge in [-0.25, -0.2) is 9.29 Å². The highest BCUT2D eigenvalue weighted by Gasteiger charge is 2.72. The van der Waals surface area contributed by atoms with E-state index >= 15 is 0 Å². The summed E-state index contributed by atoms with van der Waals surface area (Å²) in [4.78, 5) is 25.5. The average molecular weight is 292 g/mol. The number of anilines is 1. The Labute approximate surface area is 120 Å². The molecule has 0 spiro atoms. The van der Waals surface area contributed by atoms with Gasteiger partial charge in [0.1, 0.15) is 10.8 Å². The fourth-order valence-electron chi connectivity index (χ4n) is 3.03. The van der Waals surface area contributed by atoms with Crippen molar-refractivity contribution in [3.05, 3.63) is 29.6 Å². The number of carbonyl (C=O) groups is 2. The van der Waals surface area contributed by atoms with E-state index in [1.165, 1.54) is 12.1 Å². The smallest absolute Gasteiger partial charge is 0.238 e. The largest absolute Gasteiger partial charge is 0.389 e. The fourth-order valence-corrected chi connectivity index (χ4v) is 3.15. The Morgan fingerprint density at radius 3 is 2.30 bits per heavy atom. The van der Waals surface area contributed by atoms with Gasteiger partial charge in [-0.3, -0.25) is 9.59 Å². The zero-order chi connectivity index (χ0) is 14.8. The van der Waals surface area contributed by atoms with E-state index in [0.29, 0.717) is 5.56 Å². The lowest BCUT2D eigenvalue weighted by atomic mass is 10.0. The van der Waals surface area contributed by atoms with Gasteiger partial charge in [0.2, 0.25) is 11.8 Å². The molecule has 2 fully saturated rings. The third-order valence-corrected chi connectivity index (χ3v) is 4.51. The molecule has 0 radical (unpaired) electrons. The van der Waals surface area contributed by atoms with Gasteiger partial charge in [0.15, 0.2) is 0 Å². The minimum atomic E-state index is -0.670. The van der Waals surface area contributed by atoms with E-state index in [-0.39, 0.29) is 39.7 Å². The molecule has 6 heteroatoms. The summed E-state index contributed by atoms with van der Waals surface area (Å²) in [6, 6.07) is 4.03. The first-order valence-electron chi connectivity index (χ1n) is 6.24. The first-order chi connectivity index (χ1) is 9.26. The Bertz CT molecular complexity index is 647. The summed E-state index contributed by atoms with van der Waals surface area (Å²) in [5.74, 6) is -1.98. The van der Waals surface area contributed by atoms with Crippen LogP contribution in [0.4, 0.5) is 10.1 Å². The van der Waals surface area contributed by atoms with Gasteiger partial charge < -0.3 is 5.73 Å². The number of hydrogen-bond donors (Lipinski definition) is 1. The minimum absolute atomic E-state index is 0.0250. The zero-order valence-electron chi connectivity index (χ0n) is 11.0. The molecule has 3 rings (SSSR count). The Balaban J connectivity index is 1.98. The fraction of sp³-hybridized carbons (Fsp3) is 0.357. The highest BCUT2D eigenvalue weighted by Crippen LogP contribution is 2.63. The second kappa shape index (κ2) is 3.85. The summed E-state index contributed by atoms with van der Waals surface area (Å²) in [5.41, 5.74) is 5.46. The summed E-state index contributed by atoms with van der Waals surface area (Å²) >= 11 is 4.77. The van der Waals surface area contributed by atoms with Crippen LogP contribution in [-0.4, -0.2) is 16.8 Å². The molecule has 2 unspecified atom stereocenters. The van der Waals surface area contributed by atoms with Crippen LogP contribution >= 0.6 is 12.2 Å². The predicted octanol–water partition coefficient (Wildman–Crippen LogP) is 1.61. The molecule has 20 heavy (non-hydrogen) atoms. The SMILES string of the molecule is CC1(C)C2C(=O)N(c3ccc(C(N)=S)cc3F)C(=O)C21. The number of halogens is 1. The first-order valence-corrected chi connectivity index (χ1v) is 6.65. The van der Waals surface area contributed by atoms with Crippen molar-refractivity contribution in [3.63, 3.8) is 0 Å². The molecule has 1 heterocycles. The van der Waals surface area contributed by atoms with E-state index in [2.05, 4.69) is 0 Å². The molecule has 1 aromatic rings. The summed E-state index contributed by atoms with van der Waals surface area (Å²) in [7, 11) is 0. The number of amides is 2. The summed E-state index contributed by atoms with van der Waals surface area (Å²) in [6.45, 7) is 3.75. The lowest BCUT2D eigenvalue weighted by Gasteiger charge is -2.21. The van der Waals surface area contributed by atoms with E-state index in [1.807, 2.05) is 13.8 Å². The molecule has 1 saturated carbocycles. The molecule has 1 aliphatic heterocycles. The van der Waals surface area contributed by atoms with E-state index < -0.39 is 5.82 Å². The van der Waals surface area contributed by atoms with Gasteiger partial charge in [-0.05, 0) is 23.6 Å². The van der Waals surface area contributed by atoms with Crippen LogP contribution in [0, 0.1) is 23.1 Å². The molecule has 0 bridgehead atoms. The maximum atomic E-state index is 14.1. The number of rotatable bonds is 2. The van der Waals surface area contributed by atoms with Crippen molar-refractivity contribution in [1.82, 2.24) is 0 Å². The van der Waals surface area contributed by atoms with Crippen molar-refractivity contribution in [2.24, 2.45) is 23.0 Å². The summed E-state index contributed by atoms with van der Waals surface area (Å²) in [5, 5.41) is 0. The van der Waals surface area contributed by atoms with Crippen LogP contribution in [0.3, 0.4) is 0 Å². The molecule has 1 saturated heterocycles. The van der Waals surface area contributed by atoms with Crippen LogP contribution in [-0.2, 0) is 9.59 Å². The topological polar surface area (TPSA) is 63.4 Å². The van der Waals surface area contributed by atoms with Gasteiger partial charge >= 0.3 is 0 Å². The normalized spacial score (nSPS) is 26.6. The van der Waals surface area contributed by atoms with Crippen molar-refractivity contribution in [2.45, 2.75) is 13.8 Å². The molecular formula is C14H13FN2O2S. The van der Waals surface area contributed by atoms with Crippen LogP contribution in [0.2, 0.25) is 0 Å². The second-order valence-corrected chi connectivity index (χ2v) is 6.26. The number of nitrogens with two attached hydrogens (primary N) is 1. The number of carbonyl (C=O) groups excluding carboxylic acids is 2. The lowest BCUT2D eigenvalue weighted by molar-refractivity contribution is -0.125. The second-order valence-electron chi connectivity index (χ2n) is 5.82. The summed E-state index contributed by atoms with van der Waals surface area (Å²) in [6.07, 6.45) is 0. The first kappa shape index (κ1) is 13.2. The van der Waals surface area contributed by atoms with Crippen LogP contribution in [0.15, 0.2) is 18.2 Å². The van der Waals surface area contributed by atoms with Crippen molar-refractivity contribution in [3.8, 4) is 0 Å². The highest BCUT2D eigenvalue weighted by atomic mass is 32.1. The Morgan fingerprint density at radius 1 is 1.30 bits per heavy atom. The molecule has 104 valence electrons. The van der Waals surface area contributed by atoms with Crippen LogP contribution < -0.4 is 10.6 Å². The number of hydrogen-bond acceptors (Lipinski definition) is 3. The van der Waals surface area contributed by atoms with Crippen molar-refractivity contribution in [1.29, 1.82) is 0 Å². The van der Waals surface area contributed by atoms with Crippen molar-refractivity contribution >= 4 is 34.7 Å². The Morgan fingerprint density at radius 2 is 1.85 bits per heavy atom. The van der Waals surface area contributed by atoms with Crippen LogP contribution in [0.25, 0.3) is 0 Å². The quantitative estimate of drug-likeness (QED) is 0.664. The van der Waals surface area contributed by atoms with Crippen molar-refractivity contribution in [2.75, 3.05) is 4.90 Å².